The van der Waals surface area contributed by atoms with Crippen LogP contribution in [0.3, 0.4) is 0 Å². The molecule has 1 aromatic heterocycles. The number of benzene rings is 1. The summed E-state index contributed by atoms with van der Waals surface area (Å²) in [7, 11) is 0. The lowest BCUT2D eigenvalue weighted by Crippen LogP contribution is -2.32. The molecule has 0 spiro atoms. The lowest BCUT2D eigenvalue weighted by Gasteiger charge is -2.13. The fourth-order valence-corrected chi connectivity index (χ4v) is 3.00. The topological polar surface area (TPSA) is 67.0 Å². The molecule has 0 bridgehead atoms. The van der Waals surface area contributed by atoms with Crippen LogP contribution in [0, 0.1) is 0 Å². The molecular formula is C23H36N2O3. The van der Waals surface area contributed by atoms with Gasteiger partial charge in [-0.15, -0.1) is 0 Å². The van der Waals surface area contributed by atoms with Crippen molar-refractivity contribution in [2.24, 2.45) is 4.99 Å². The predicted octanol–water partition coefficient (Wildman–Crippen LogP) is 4.95. The smallest absolute Gasteiger partial charge is 0.148 e. The molecule has 1 aromatic carbocycles. The third-order valence-corrected chi connectivity index (χ3v) is 4.73. The number of unbranched alkanes of at least 4 members (excludes halogenated alkanes) is 4. The van der Waals surface area contributed by atoms with Gasteiger partial charge >= 0.3 is 0 Å². The van der Waals surface area contributed by atoms with E-state index in [1.807, 2.05) is 31.2 Å². The Hall–Kier alpha value is -1.85. The van der Waals surface area contributed by atoms with Crippen LogP contribution in [0.25, 0.3) is 11.0 Å². The van der Waals surface area contributed by atoms with Gasteiger partial charge in [-0.25, -0.2) is 0 Å². The molecule has 1 atom stereocenters. The van der Waals surface area contributed by atoms with E-state index in [1.165, 1.54) is 25.7 Å². The molecular weight excluding hydrogens is 352 g/mol. The fraction of sp³-hybridized carbons (Fsp3) is 0.609. The molecule has 1 unspecified atom stereocenters. The predicted molar refractivity (Wildman–Crippen MR) is 117 cm³/mol. The van der Waals surface area contributed by atoms with Crippen molar-refractivity contribution < 1.29 is 14.3 Å². The van der Waals surface area contributed by atoms with E-state index >= 15 is 0 Å². The summed E-state index contributed by atoms with van der Waals surface area (Å²) in [5.41, 5.74) is 1.75. The van der Waals surface area contributed by atoms with E-state index in [0.717, 1.165) is 54.1 Å². The first-order valence-corrected chi connectivity index (χ1v) is 10.7. The Morgan fingerprint density at radius 2 is 1.93 bits per heavy atom. The first-order valence-electron chi connectivity index (χ1n) is 10.7. The summed E-state index contributed by atoms with van der Waals surface area (Å²) in [4.78, 5) is 4.61. The monoisotopic (exact) mass is 388 g/mol. The number of ether oxygens (including phenoxy) is 1. The van der Waals surface area contributed by atoms with Gasteiger partial charge in [-0.1, -0.05) is 39.5 Å². The molecule has 0 radical (unpaired) electrons. The normalized spacial score (nSPS) is 13.2. The maximum Gasteiger partial charge on any atom is 0.148 e. The van der Waals surface area contributed by atoms with Crippen LogP contribution in [0.1, 0.15) is 65.1 Å². The Balaban J connectivity index is 1.84. The molecule has 0 aliphatic rings. The number of nitrogens with zero attached hydrogens (tertiary/aromatic N) is 1. The summed E-state index contributed by atoms with van der Waals surface area (Å²) in [6, 6.07) is 7.75. The lowest BCUT2D eigenvalue weighted by molar-refractivity contribution is 0.106. The highest BCUT2D eigenvalue weighted by molar-refractivity contribution is 5.99. The summed E-state index contributed by atoms with van der Waals surface area (Å²) in [6.07, 6.45) is 6.57. The Labute approximate surface area is 169 Å². The third-order valence-electron chi connectivity index (χ3n) is 4.73. The highest BCUT2D eigenvalue weighted by atomic mass is 16.5. The van der Waals surface area contributed by atoms with Gasteiger partial charge in [0.15, 0.2) is 0 Å². The minimum atomic E-state index is -0.519. The van der Waals surface area contributed by atoms with Crippen LogP contribution in [0.15, 0.2) is 33.7 Å². The van der Waals surface area contributed by atoms with E-state index in [-0.39, 0.29) is 6.61 Å². The quantitative estimate of drug-likeness (QED) is 0.355. The van der Waals surface area contributed by atoms with Crippen molar-refractivity contribution in [1.29, 1.82) is 0 Å². The summed E-state index contributed by atoms with van der Waals surface area (Å²) in [5, 5.41) is 14.3. The van der Waals surface area contributed by atoms with Gasteiger partial charge in [0.1, 0.15) is 29.8 Å². The molecule has 156 valence electrons. The summed E-state index contributed by atoms with van der Waals surface area (Å²) >= 11 is 0. The van der Waals surface area contributed by atoms with E-state index in [0.29, 0.717) is 6.54 Å². The van der Waals surface area contributed by atoms with Crippen molar-refractivity contribution in [1.82, 2.24) is 5.32 Å². The second-order valence-electron chi connectivity index (χ2n) is 7.36. The van der Waals surface area contributed by atoms with Crippen LogP contribution in [-0.4, -0.2) is 43.2 Å². The van der Waals surface area contributed by atoms with E-state index in [2.05, 4.69) is 24.2 Å². The van der Waals surface area contributed by atoms with Gasteiger partial charge < -0.3 is 19.6 Å². The highest BCUT2D eigenvalue weighted by Crippen LogP contribution is 2.25. The number of hydrogen-bond acceptors (Lipinski definition) is 5. The summed E-state index contributed by atoms with van der Waals surface area (Å²) in [5.74, 6) is 1.54. The van der Waals surface area contributed by atoms with Crippen LogP contribution in [-0.2, 0) is 0 Å². The van der Waals surface area contributed by atoms with Crippen LogP contribution in [0.2, 0.25) is 0 Å². The molecule has 0 aliphatic heterocycles. The zero-order chi connectivity index (χ0) is 20.2. The lowest BCUT2D eigenvalue weighted by atomic mass is 10.2. The van der Waals surface area contributed by atoms with Crippen molar-refractivity contribution in [2.45, 2.75) is 65.4 Å². The maximum absolute atomic E-state index is 10.1. The third kappa shape index (κ3) is 7.64. The second kappa shape index (κ2) is 12.6. The molecule has 0 fully saturated rings. The van der Waals surface area contributed by atoms with Gasteiger partial charge in [0.05, 0.1) is 5.71 Å². The molecule has 2 aromatic rings. The highest BCUT2D eigenvalue weighted by Gasteiger charge is 2.09. The zero-order valence-electron chi connectivity index (χ0n) is 17.7. The summed E-state index contributed by atoms with van der Waals surface area (Å²) in [6.45, 7) is 8.97. The number of aliphatic hydroxyl groups is 1. The van der Waals surface area contributed by atoms with Crippen LogP contribution >= 0.6 is 0 Å². The number of rotatable bonds is 14. The number of hydrogen-bond donors (Lipinski definition) is 2. The van der Waals surface area contributed by atoms with Crippen molar-refractivity contribution in [3.05, 3.63) is 30.0 Å². The Morgan fingerprint density at radius 3 is 2.71 bits per heavy atom. The molecule has 2 N–H and O–H groups in total. The number of aliphatic imine (C=N–C) groups is 1. The summed E-state index contributed by atoms with van der Waals surface area (Å²) < 4.78 is 11.7. The molecule has 0 aliphatic carbocycles. The van der Waals surface area contributed by atoms with Gasteiger partial charge in [0.25, 0.3) is 0 Å². The van der Waals surface area contributed by atoms with Gasteiger partial charge in [0, 0.05) is 18.5 Å². The van der Waals surface area contributed by atoms with Crippen molar-refractivity contribution >= 4 is 16.7 Å². The van der Waals surface area contributed by atoms with E-state index in [9.17, 15) is 5.11 Å². The van der Waals surface area contributed by atoms with Gasteiger partial charge in [-0.3, -0.25) is 4.99 Å². The van der Waals surface area contributed by atoms with Gasteiger partial charge in [0.2, 0.25) is 0 Å². The van der Waals surface area contributed by atoms with E-state index in [1.54, 1.807) is 0 Å². The molecule has 1 heterocycles. The molecule has 0 saturated carbocycles. The van der Waals surface area contributed by atoms with Crippen molar-refractivity contribution in [3.63, 3.8) is 0 Å². The van der Waals surface area contributed by atoms with Crippen molar-refractivity contribution in [2.75, 3.05) is 26.2 Å². The van der Waals surface area contributed by atoms with E-state index in [4.69, 9.17) is 9.15 Å². The van der Waals surface area contributed by atoms with Gasteiger partial charge in [-0.2, -0.15) is 0 Å². The first-order chi connectivity index (χ1) is 13.6. The Kier molecular flexibility index (Phi) is 10.1. The van der Waals surface area contributed by atoms with Crippen LogP contribution in [0.4, 0.5) is 0 Å². The van der Waals surface area contributed by atoms with Crippen LogP contribution in [0.5, 0.6) is 5.75 Å². The molecule has 5 heteroatoms. The average molecular weight is 389 g/mol. The standard InChI is InChI=1S/C23H36N2O3/c1-4-6-8-12-24-16-20(26)17-27-21-10-11-22-19(14-21)15-23(28-22)18(3)25-13-9-7-5-2/h10-11,14-15,20,24,26H,4-9,12-13,16-17H2,1-3H3/b25-18+. The number of aliphatic hydroxyl groups excluding tert-OH is 1. The van der Waals surface area contributed by atoms with Gasteiger partial charge in [-0.05, 0) is 50.6 Å². The number of fused-ring (bicyclic) bond motifs is 1. The minimum Gasteiger partial charge on any atom is -0.491 e. The Morgan fingerprint density at radius 1 is 1.14 bits per heavy atom. The molecule has 28 heavy (non-hydrogen) atoms. The van der Waals surface area contributed by atoms with Crippen molar-refractivity contribution in [3.8, 4) is 5.75 Å². The Bertz CT molecular complexity index is 724. The largest absolute Gasteiger partial charge is 0.491 e. The molecule has 5 nitrogen and oxygen atoms in total. The van der Waals surface area contributed by atoms with Crippen LogP contribution < -0.4 is 10.1 Å². The van der Waals surface area contributed by atoms with E-state index < -0.39 is 6.10 Å². The molecule has 0 saturated heterocycles. The maximum atomic E-state index is 10.1. The average Bonchev–Trinajstić information content (AvgIpc) is 3.13. The first kappa shape index (κ1) is 22.4. The SMILES string of the molecule is CCCCC/N=C(\C)c1cc2cc(OCC(O)CNCCCCC)ccc2o1. The minimum absolute atomic E-state index is 0.273. The number of nitrogens with one attached hydrogen (secondary N) is 1. The number of furan rings is 1. The second-order valence-corrected chi connectivity index (χ2v) is 7.36. The fourth-order valence-electron chi connectivity index (χ4n) is 3.00. The molecule has 2 rings (SSSR count). The molecule has 0 amide bonds. The zero-order valence-corrected chi connectivity index (χ0v) is 17.7.